The fraction of sp³-hybridized carbons (Fsp3) is 0.929. The third-order valence-electron chi connectivity index (χ3n) is 4.18. The highest BCUT2D eigenvalue weighted by Gasteiger charge is 2.31. The molecule has 0 aromatic heterocycles. The van der Waals surface area contributed by atoms with Crippen LogP contribution in [0.4, 0.5) is 4.79 Å². The van der Waals surface area contributed by atoms with Gasteiger partial charge in [0.2, 0.25) is 0 Å². The molecule has 0 spiro atoms. The number of carbonyl (C=O) groups is 1. The smallest absolute Gasteiger partial charge is 0.317 e. The monoisotopic (exact) mass is 304 g/mol. The molecule has 0 radical (unpaired) electrons. The third kappa shape index (κ3) is 4.65. The summed E-state index contributed by atoms with van der Waals surface area (Å²) in [6.45, 7) is 9.27. The van der Waals surface area contributed by atoms with Gasteiger partial charge in [-0.1, -0.05) is 13.8 Å². The van der Waals surface area contributed by atoms with Crippen molar-refractivity contribution in [2.24, 2.45) is 11.8 Å². The summed E-state index contributed by atoms with van der Waals surface area (Å²) in [4.78, 5) is 14.0. The van der Waals surface area contributed by atoms with E-state index in [0.29, 0.717) is 11.8 Å². The summed E-state index contributed by atoms with van der Waals surface area (Å²) in [5.74, 6) is 1.12. The highest BCUT2D eigenvalue weighted by molar-refractivity contribution is 7.92. The molecular weight excluding hydrogens is 276 g/mol. The van der Waals surface area contributed by atoms with Crippen LogP contribution < -0.4 is 5.32 Å². The van der Waals surface area contributed by atoms with Gasteiger partial charge in [0, 0.05) is 25.9 Å². The molecule has 20 heavy (non-hydrogen) atoms. The van der Waals surface area contributed by atoms with Crippen LogP contribution in [0.5, 0.6) is 0 Å². The maximum absolute atomic E-state index is 12.2. The van der Waals surface area contributed by atoms with Crippen LogP contribution in [0.25, 0.3) is 0 Å². The molecule has 2 atom stereocenters. The van der Waals surface area contributed by atoms with Crippen molar-refractivity contribution in [3.63, 3.8) is 0 Å². The Labute approximate surface area is 123 Å². The zero-order valence-electron chi connectivity index (χ0n) is 13.3. The lowest BCUT2D eigenvalue weighted by atomic mass is 9.97. The van der Waals surface area contributed by atoms with Gasteiger partial charge in [-0.25, -0.2) is 13.2 Å². The molecule has 0 bridgehead atoms. The van der Waals surface area contributed by atoms with E-state index in [4.69, 9.17) is 0 Å². The lowest BCUT2D eigenvalue weighted by Crippen LogP contribution is -2.49. The average Bonchev–Trinajstić information content (AvgIpc) is 2.45. The number of sulfone groups is 1. The van der Waals surface area contributed by atoms with Crippen molar-refractivity contribution in [3.05, 3.63) is 0 Å². The van der Waals surface area contributed by atoms with E-state index in [2.05, 4.69) is 19.2 Å². The van der Waals surface area contributed by atoms with Crippen molar-refractivity contribution in [3.8, 4) is 0 Å². The summed E-state index contributed by atoms with van der Waals surface area (Å²) in [6, 6.07) is -0.150. The standard InChI is InChI=1S/C14H28N2O3S/c1-11-6-7-16(9-12(2)8-11)13(17)15-10-14(3,4)20(5,18)19/h11-12H,6-10H2,1-5H3,(H,15,17). The van der Waals surface area contributed by atoms with Gasteiger partial charge in [0.15, 0.2) is 9.84 Å². The molecule has 1 saturated heterocycles. The molecule has 5 nitrogen and oxygen atoms in total. The number of nitrogens with zero attached hydrogens (tertiary/aromatic N) is 1. The number of carbonyl (C=O) groups excluding carboxylic acids is 1. The van der Waals surface area contributed by atoms with Gasteiger partial charge in [0.25, 0.3) is 0 Å². The summed E-state index contributed by atoms with van der Waals surface area (Å²) in [5, 5.41) is 2.77. The minimum Gasteiger partial charge on any atom is -0.336 e. The minimum absolute atomic E-state index is 0.144. The predicted octanol–water partition coefficient (Wildman–Crippen LogP) is 1.89. The first kappa shape index (κ1) is 17.3. The molecule has 1 aliphatic rings. The summed E-state index contributed by atoms with van der Waals surface area (Å²) in [5.41, 5.74) is 0. The quantitative estimate of drug-likeness (QED) is 0.866. The van der Waals surface area contributed by atoms with E-state index in [9.17, 15) is 13.2 Å². The van der Waals surface area contributed by atoms with Crippen molar-refractivity contribution in [1.82, 2.24) is 10.2 Å². The zero-order chi connectivity index (χ0) is 15.6. The summed E-state index contributed by atoms with van der Waals surface area (Å²) in [6.07, 6.45) is 3.35. The number of rotatable bonds is 3. The maximum Gasteiger partial charge on any atom is 0.317 e. The zero-order valence-corrected chi connectivity index (χ0v) is 14.1. The van der Waals surface area contributed by atoms with Crippen LogP contribution in [0.15, 0.2) is 0 Å². The Kier molecular flexibility index (Phi) is 5.46. The number of nitrogens with one attached hydrogen (secondary N) is 1. The lowest BCUT2D eigenvalue weighted by molar-refractivity contribution is 0.193. The molecule has 2 unspecified atom stereocenters. The number of hydrogen-bond donors (Lipinski definition) is 1. The molecule has 6 heteroatoms. The van der Waals surface area contributed by atoms with Crippen LogP contribution in [-0.2, 0) is 9.84 Å². The second-order valence-corrected chi connectivity index (χ2v) is 9.52. The molecule has 1 rings (SSSR count). The summed E-state index contributed by atoms with van der Waals surface area (Å²) < 4.78 is 22.3. The van der Waals surface area contributed by atoms with Crippen molar-refractivity contribution in [2.75, 3.05) is 25.9 Å². The Bertz CT molecular complexity index is 445. The largest absolute Gasteiger partial charge is 0.336 e. The van der Waals surface area contributed by atoms with E-state index in [1.54, 1.807) is 13.8 Å². The molecule has 0 aliphatic carbocycles. The van der Waals surface area contributed by atoms with Crippen LogP contribution >= 0.6 is 0 Å². The van der Waals surface area contributed by atoms with Gasteiger partial charge in [-0.15, -0.1) is 0 Å². The fourth-order valence-electron chi connectivity index (χ4n) is 2.44. The van der Waals surface area contributed by atoms with E-state index >= 15 is 0 Å². The molecule has 0 saturated carbocycles. The maximum atomic E-state index is 12.2. The molecule has 1 heterocycles. The van der Waals surface area contributed by atoms with Crippen LogP contribution in [0.3, 0.4) is 0 Å². The van der Waals surface area contributed by atoms with E-state index in [1.807, 2.05) is 4.90 Å². The van der Waals surface area contributed by atoms with Crippen LogP contribution in [0.1, 0.15) is 40.5 Å². The van der Waals surface area contributed by atoms with Gasteiger partial charge in [0.05, 0.1) is 4.75 Å². The second-order valence-electron chi connectivity index (χ2n) is 6.87. The van der Waals surface area contributed by atoms with E-state index in [1.165, 1.54) is 6.26 Å². The highest BCUT2D eigenvalue weighted by Crippen LogP contribution is 2.21. The first-order chi connectivity index (χ1) is 9.03. The molecule has 118 valence electrons. The normalized spacial score (nSPS) is 25.1. The second kappa shape index (κ2) is 6.33. The fourth-order valence-corrected chi connectivity index (χ4v) is 2.77. The van der Waals surface area contributed by atoms with E-state index in [-0.39, 0.29) is 12.6 Å². The number of amides is 2. The van der Waals surface area contributed by atoms with Gasteiger partial charge >= 0.3 is 6.03 Å². The van der Waals surface area contributed by atoms with Gasteiger partial charge < -0.3 is 10.2 Å². The molecule has 1 N–H and O–H groups in total. The molecule has 1 aliphatic heterocycles. The number of likely N-dealkylation sites (tertiary alicyclic amines) is 1. The SMILES string of the molecule is CC1CCN(C(=O)NCC(C)(C)S(C)(=O)=O)CC(C)C1. The Morgan fingerprint density at radius 3 is 2.45 bits per heavy atom. The Hall–Kier alpha value is -0.780. The molecule has 0 aromatic carbocycles. The molecule has 0 aromatic rings. The predicted molar refractivity (Wildman–Crippen MR) is 81.5 cm³/mol. The third-order valence-corrected chi connectivity index (χ3v) is 6.34. The van der Waals surface area contributed by atoms with Gasteiger partial charge in [-0.2, -0.15) is 0 Å². The minimum atomic E-state index is -3.19. The van der Waals surface area contributed by atoms with Crippen molar-refractivity contribution < 1.29 is 13.2 Å². The first-order valence-corrected chi connectivity index (χ1v) is 9.14. The van der Waals surface area contributed by atoms with E-state index in [0.717, 1.165) is 25.9 Å². The summed E-state index contributed by atoms with van der Waals surface area (Å²) >= 11 is 0. The van der Waals surface area contributed by atoms with Gasteiger partial charge in [0.1, 0.15) is 0 Å². The van der Waals surface area contributed by atoms with Crippen molar-refractivity contribution in [1.29, 1.82) is 0 Å². The van der Waals surface area contributed by atoms with Gasteiger partial charge in [-0.05, 0) is 38.5 Å². The first-order valence-electron chi connectivity index (χ1n) is 7.25. The lowest BCUT2D eigenvalue weighted by Gasteiger charge is -2.27. The molecule has 1 fully saturated rings. The number of hydrogen-bond acceptors (Lipinski definition) is 3. The average molecular weight is 304 g/mol. The van der Waals surface area contributed by atoms with Crippen LogP contribution in [0.2, 0.25) is 0 Å². The topological polar surface area (TPSA) is 66.5 Å². The Balaban J connectivity index is 2.59. The number of urea groups is 1. The van der Waals surface area contributed by atoms with Crippen molar-refractivity contribution in [2.45, 2.75) is 45.3 Å². The van der Waals surface area contributed by atoms with Crippen LogP contribution in [-0.4, -0.2) is 50.0 Å². The van der Waals surface area contributed by atoms with E-state index < -0.39 is 14.6 Å². The Morgan fingerprint density at radius 2 is 1.90 bits per heavy atom. The molecule has 2 amide bonds. The van der Waals surface area contributed by atoms with Crippen LogP contribution in [0, 0.1) is 11.8 Å². The van der Waals surface area contributed by atoms with Gasteiger partial charge in [-0.3, -0.25) is 0 Å². The highest BCUT2D eigenvalue weighted by atomic mass is 32.2. The molecular formula is C14H28N2O3S. The Morgan fingerprint density at radius 1 is 1.30 bits per heavy atom. The van der Waals surface area contributed by atoms with Crippen molar-refractivity contribution >= 4 is 15.9 Å². The summed E-state index contributed by atoms with van der Waals surface area (Å²) in [7, 11) is -3.19.